The molecule has 122 valence electrons. The zero-order valence-electron chi connectivity index (χ0n) is 12.8. The molecule has 5 rings (SSSR count). The molecule has 0 bridgehead atoms. The quantitative estimate of drug-likeness (QED) is 0.492. The van der Waals surface area contributed by atoms with E-state index in [9.17, 15) is 4.39 Å². The van der Waals surface area contributed by atoms with Gasteiger partial charge in [-0.15, -0.1) is 0 Å². The Labute approximate surface area is 140 Å². The molecular formula is C16H10FN7O. The fourth-order valence-electron chi connectivity index (χ4n) is 2.96. The topological polar surface area (TPSA) is 87.5 Å². The maximum Gasteiger partial charge on any atom is 0.250 e. The van der Waals surface area contributed by atoms with Crippen LogP contribution < -0.4 is 0 Å². The van der Waals surface area contributed by atoms with Gasteiger partial charge < -0.3 is 4.52 Å². The summed E-state index contributed by atoms with van der Waals surface area (Å²) in [5, 5.41) is 8.18. The van der Waals surface area contributed by atoms with Crippen molar-refractivity contribution in [3.8, 4) is 28.6 Å². The predicted molar refractivity (Wildman–Crippen MR) is 85.0 cm³/mol. The molecule has 0 fully saturated rings. The van der Waals surface area contributed by atoms with Gasteiger partial charge in [0, 0.05) is 5.56 Å². The van der Waals surface area contributed by atoms with Crippen LogP contribution in [0.5, 0.6) is 0 Å². The molecule has 0 N–H and O–H groups in total. The molecule has 0 saturated carbocycles. The van der Waals surface area contributed by atoms with Crippen LogP contribution in [-0.4, -0.2) is 34.5 Å². The Balaban J connectivity index is 1.78. The molecule has 0 aliphatic carbocycles. The van der Waals surface area contributed by atoms with Gasteiger partial charge in [-0.2, -0.15) is 10.1 Å². The van der Waals surface area contributed by atoms with Crippen molar-refractivity contribution >= 4 is 6.08 Å². The second kappa shape index (κ2) is 4.94. The first-order valence-corrected chi connectivity index (χ1v) is 7.45. The lowest BCUT2D eigenvalue weighted by Gasteiger charge is -2.08. The molecule has 1 aliphatic heterocycles. The summed E-state index contributed by atoms with van der Waals surface area (Å²) in [4.78, 5) is 12.9. The minimum absolute atomic E-state index is 0.314. The van der Waals surface area contributed by atoms with Crippen LogP contribution in [0.2, 0.25) is 0 Å². The van der Waals surface area contributed by atoms with E-state index in [1.807, 2.05) is 4.57 Å². The number of rotatable bonds is 2. The Kier molecular flexibility index (Phi) is 2.72. The van der Waals surface area contributed by atoms with Gasteiger partial charge in [0.25, 0.3) is 0 Å². The van der Waals surface area contributed by atoms with Gasteiger partial charge in [0.1, 0.15) is 24.2 Å². The molecule has 1 aliphatic rings. The standard InChI is InChI=1S/C16H10FN7O/c1-2-13-21-15(22-25-13)14-12-6-24-16(18-7-20-24)10-5-9(17)3-4-11(10)23(12)8-19-14/h2-5,7-8H,1,6H2. The lowest BCUT2D eigenvalue weighted by atomic mass is 10.1. The molecule has 1 aromatic carbocycles. The molecule has 0 spiro atoms. The monoisotopic (exact) mass is 335 g/mol. The van der Waals surface area contributed by atoms with Crippen LogP contribution in [0.25, 0.3) is 34.7 Å². The van der Waals surface area contributed by atoms with E-state index in [1.165, 1.54) is 24.5 Å². The van der Waals surface area contributed by atoms with Crippen molar-refractivity contribution in [2.45, 2.75) is 6.54 Å². The fraction of sp³-hybridized carbons (Fsp3) is 0.0625. The number of halogens is 1. The highest BCUT2D eigenvalue weighted by atomic mass is 19.1. The van der Waals surface area contributed by atoms with E-state index in [-0.39, 0.29) is 5.82 Å². The first-order valence-electron chi connectivity index (χ1n) is 7.45. The highest BCUT2D eigenvalue weighted by molar-refractivity contribution is 5.70. The van der Waals surface area contributed by atoms with Gasteiger partial charge in [0.15, 0.2) is 5.82 Å². The van der Waals surface area contributed by atoms with E-state index < -0.39 is 0 Å². The highest BCUT2D eigenvalue weighted by Crippen LogP contribution is 2.33. The van der Waals surface area contributed by atoms with Crippen LogP contribution in [0.4, 0.5) is 4.39 Å². The lowest BCUT2D eigenvalue weighted by Crippen LogP contribution is -2.05. The Hall–Kier alpha value is -3.62. The summed E-state index contributed by atoms with van der Waals surface area (Å²) < 4.78 is 22.4. The SMILES string of the molecule is C=Cc1nc(-c2ncn3c2Cn2ncnc2-c2cc(F)ccc2-3)no1. The Morgan fingerprint density at radius 2 is 2.20 bits per heavy atom. The van der Waals surface area contributed by atoms with Crippen molar-refractivity contribution in [1.82, 2.24) is 34.5 Å². The summed E-state index contributed by atoms with van der Waals surface area (Å²) in [5.74, 6) is 0.917. The largest absolute Gasteiger partial charge is 0.334 e. The normalized spacial score (nSPS) is 12.2. The fourth-order valence-corrected chi connectivity index (χ4v) is 2.96. The predicted octanol–water partition coefficient (Wildman–Crippen LogP) is 2.32. The average molecular weight is 335 g/mol. The van der Waals surface area contributed by atoms with Crippen LogP contribution in [0, 0.1) is 5.82 Å². The Morgan fingerprint density at radius 1 is 1.28 bits per heavy atom. The number of hydrogen-bond donors (Lipinski definition) is 0. The van der Waals surface area contributed by atoms with E-state index in [0.717, 1.165) is 11.4 Å². The molecule has 25 heavy (non-hydrogen) atoms. The number of nitrogens with zero attached hydrogens (tertiary/aromatic N) is 7. The second-order valence-electron chi connectivity index (χ2n) is 5.47. The third-order valence-corrected chi connectivity index (χ3v) is 4.07. The van der Waals surface area contributed by atoms with Gasteiger partial charge in [-0.3, -0.25) is 4.57 Å². The molecule has 0 atom stereocenters. The summed E-state index contributed by atoms with van der Waals surface area (Å²) in [6, 6.07) is 4.53. The van der Waals surface area contributed by atoms with Crippen molar-refractivity contribution in [2.75, 3.05) is 0 Å². The first kappa shape index (κ1) is 13.8. The van der Waals surface area contributed by atoms with Gasteiger partial charge in [-0.1, -0.05) is 11.7 Å². The minimum Gasteiger partial charge on any atom is -0.334 e. The van der Waals surface area contributed by atoms with Crippen molar-refractivity contribution in [2.24, 2.45) is 0 Å². The van der Waals surface area contributed by atoms with Crippen LogP contribution in [0.3, 0.4) is 0 Å². The molecule has 3 aromatic heterocycles. The third-order valence-electron chi connectivity index (χ3n) is 4.07. The van der Waals surface area contributed by atoms with Gasteiger partial charge >= 0.3 is 0 Å². The second-order valence-corrected chi connectivity index (χ2v) is 5.47. The molecule has 0 radical (unpaired) electrons. The number of aromatic nitrogens is 7. The number of fused-ring (bicyclic) bond motifs is 5. The molecule has 8 nitrogen and oxygen atoms in total. The zero-order valence-corrected chi connectivity index (χ0v) is 12.8. The van der Waals surface area contributed by atoms with E-state index in [0.29, 0.717) is 35.3 Å². The number of hydrogen-bond acceptors (Lipinski definition) is 6. The summed E-state index contributed by atoms with van der Waals surface area (Å²) >= 11 is 0. The van der Waals surface area contributed by atoms with Crippen molar-refractivity contribution in [3.05, 3.63) is 54.8 Å². The third kappa shape index (κ3) is 1.95. The van der Waals surface area contributed by atoms with Gasteiger partial charge in [0.2, 0.25) is 11.7 Å². The number of imidazole rings is 1. The minimum atomic E-state index is -0.342. The Bertz CT molecular complexity index is 1120. The molecule has 0 unspecified atom stereocenters. The van der Waals surface area contributed by atoms with Crippen LogP contribution in [0.15, 0.2) is 42.0 Å². The number of benzene rings is 1. The van der Waals surface area contributed by atoms with Gasteiger partial charge in [0.05, 0.1) is 17.9 Å². The van der Waals surface area contributed by atoms with E-state index >= 15 is 0 Å². The van der Waals surface area contributed by atoms with E-state index in [1.54, 1.807) is 17.1 Å². The van der Waals surface area contributed by atoms with Crippen molar-refractivity contribution < 1.29 is 8.91 Å². The summed E-state index contributed by atoms with van der Waals surface area (Å²) in [7, 11) is 0. The zero-order chi connectivity index (χ0) is 17.0. The van der Waals surface area contributed by atoms with Crippen molar-refractivity contribution in [1.29, 1.82) is 0 Å². The van der Waals surface area contributed by atoms with E-state index in [2.05, 4.69) is 31.8 Å². The van der Waals surface area contributed by atoms with Gasteiger partial charge in [-0.05, 0) is 24.3 Å². The van der Waals surface area contributed by atoms with E-state index in [4.69, 9.17) is 4.52 Å². The maximum atomic E-state index is 13.8. The molecule has 4 heterocycles. The van der Waals surface area contributed by atoms with Crippen LogP contribution in [0.1, 0.15) is 11.6 Å². The lowest BCUT2D eigenvalue weighted by molar-refractivity contribution is 0.411. The molecular weight excluding hydrogens is 325 g/mol. The van der Waals surface area contributed by atoms with Crippen LogP contribution in [-0.2, 0) is 6.54 Å². The van der Waals surface area contributed by atoms with Crippen LogP contribution >= 0.6 is 0 Å². The molecule has 0 saturated heterocycles. The molecule has 0 amide bonds. The van der Waals surface area contributed by atoms with Gasteiger partial charge in [-0.25, -0.2) is 19.0 Å². The average Bonchev–Trinajstić information content (AvgIpc) is 3.33. The summed E-state index contributed by atoms with van der Waals surface area (Å²) in [6.07, 6.45) is 4.57. The first-order chi connectivity index (χ1) is 12.2. The molecule has 4 aromatic rings. The highest BCUT2D eigenvalue weighted by Gasteiger charge is 2.26. The summed E-state index contributed by atoms with van der Waals surface area (Å²) in [5.41, 5.74) is 2.76. The summed E-state index contributed by atoms with van der Waals surface area (Å²) in [6.45, 7) is 4.00. The Morgan fingerprint density at radius 3 is 3.04 bits per heavy atom. The van der Waals surface area contributed by atoms with Crippen molar-refractivity contribution in [3.63, 3.8) is 0 Å². The maximum absolute atomic E-state index is 13.8. The smallest absolute Gasteiger partial charge is 0.250 e. The molecule has 9 heteroatoms.